The lowest BCUT2D eigenvalue weighted by Crippen LogP contribution is -2.07. The van der Waals surface area contributed by atoms with Gasteiger partial charge in [0.05, 0.1) is 5.56 Å². The number of anilines is 1. The number of hydrogen-bond donors (Lipinski definition) is 1. The monoisotopic (exact) mass is 322 g/mol. The normalized spacial score (nSPS) is 11.8. The molecule has 2 aromatic carbocycles. The zero-order valence-electron chi connectivity index (χ0n) is 11.2. The summed E-state index contributed by atoms with van der Waals surface area (Å²) in [5.41, 5.74) is 5.19. The van der Waals surface area contributed by atoms with Gasteiger partial charge in [-0.3, -0.25) is 0 Å². The number of nitrogen functional groups attached to an aromatic ring is 1. The molecular weight excluding hydrogens is 313 g/mol. The minimum absolute atomic E-state index is 0.0320. The molecule has 0 bridgehead atoms. The number of benzene rings is 2. The van der Waals surface area contributed by atoms with Crippen LogP contribution in [-0.4, -0.2) is 4.98 Å². The highest BCUT2D eigenvalue weighted by atomic mass is 35.5. The van der Waals surface area contributed by atoms with Crippen molar-refractivity contribution in [2.24, 2.45) is 0 Å². The number of nitrogens with zero attached hydrogens (tertiary/aromatic N) is 1. The van der Waals surface area contributed by atoms with Crippen LogP contribution in [0.1, 0.15) is 5.56 Å². The van der Waals surface area contributed by atoms with E-state index in [9.17, 15) is 13.2 Å². The van der Waals surface area contributed by atoms with Gasteiger partial charge in [-0.2, -0.15) is 13.2 Å². The standard InChI is InChI=1S/C16H10ClF3N2/c17-13-3-1-2-12(16(18,19)20)15(13)10-5-4-9-7-14(21)22-8-11(9)6-10/h1-8H,(H2,21,22). The Hall–Kier alpha value is -2.27. The first kappa shape index (κ1) is 14.7. The molecule has 3 aromatic rings. The van der Waals surface area contributed by atoms with Gasteiger partial charge in [0, 0.05) is 22.2 Å². The Morgan fingerprint density at radius 1 is 1.00 bits per heavy atom. The largest absolute Gasteiger partial charge is 0.417 e. The number of halogens is 4. The van der Waals surface area contributed by atoms with Crippen molar-refractivity contribution < 1.29 is 13.2 Å². The first-order valence-electron chi connectivity index (χ1n) is 6.37. The van der Waals surface area contributed by atoms with Gasteiger partial charge in [-0.05, 0) is 35.2 Å². The van der Waals surface area contributed by atoms with E-state index in [4.69, 9.17) is 17.3 Å². The average Bonchev–Trinajstić information content (AvgIpc) is 2.45. The van der Waals surface area contributed by atoms with Crippen LogP contribution in [-0.2, 0) is 6.18 Å². The van der Waals surface area contributed by atoms with Crippen molar-refractivity contribution in [1.29, 1.82) is 0 Å². The smallest absolute Gasteiger partial charge is 0.384 e. The summed E-state index contributed by atoms with van der Waals surface area (Å²) >= 11 is 6.01. The Balaban J connectivity index is 2.26. The third-order valence-corrected chi connectivity index (χ3v) is 3.67. The van der Waals surface area contributed by atoms with Gasteiger partial charge in [0.1, 0.15) is 5.82 Å². The molecule has 1 aromatic heterocycles. The molecule has 2 nitrogen and oxygen atoms in total. The second-order valence-corrected chi connectivity index (χ2v) is 5.24. The number of nitrogens with two attached hydrogens (primary N) is 1. The fraction of sp³-hybridized carbons (Fsp3) is 0.0625. The van der Waals surface area contributed by atoms with Gasteiger partial charge in [0.25, 0.3) is 0 Å². The molecule has 0 saturated heterocycles. The third-order valence-electron chi connectivity index (χ3n) is 3.35. The molecule has 0 aliphatic heterocycles. The highest BCUT2D eigenvalue weighted by Crippen LogP contribution is 2.41. The van der Waals surface area contributed by atoms with Gasteiger partial charge in [0.15, 0.2) is 0 Å². The number of pyridine rings is 1. The summed E-state index contributed by atoms with van der Waals surface area (Å²) in [6.07, 6.45) is -2.95. The van der Waals surface area contributed by atoms with Crippen LogP contribution in [0.15, 0.2) is 48.7 Å². The summed E-state index contributed by atoms with van der Waals surface area (Å²) in [6, 6.07) is 10.3. The molecule has 1 heterocycles. The van der Waals surface area contributed by atoms with E-state index in [0.29, 0.717) is 16.8 Å². The van der Waals surface area contributed by atoms with Crippen molar-refractivity contribution in [3.8, 4) is 11.1 Å². The molecule has 0 saturated carbocycles. The highest BCUT2D eigenvalue weighted by molar-refractivity contribution is 6.33. The van der Waals surface area contributed by atoms with Gasteiger partial charge >= 0.3 is 6.18 Å². The molecule has 0 fully saturated rings. The van der Waals surface area contributed by atoms with Gasteiger partial charge in [-0.25, -0.2) is 4.98 Å². The van der Waals surface area contributed by atoms with E-state index >= 15 is 0 Å². The van der Waals surface area contributed by atoms with Crippen LogP contribution in [0.2, 0.25) is 5.02 Å². The van der Waals surface area contributed by atoms with Crippen molar-refractivity contribution in [3.63, 3.8) is 0 Å². The Morgan fingerprint density at radius 3 is 2.50 bits per heavy atom. The van der Waals surface area contributed by atoms with Gasteiger partial charge in [-0.15, -0.1) is 0 Å². The van der Waals surface area contributed by atoms with Crippen LogP contribution in [0.3, 0.4) is 0 Å². The number of aromatic nitrogens is 1. The summed E-state index contributed by atoms with van der Waals surface area (Å²) in [5, 5.41) is 1.55. The van der Waals surface area contributed by atoms with Crippen molar-refractivity contribution in [2.45, 2.75) is 6.18 Å². The second-order valence-electron chi connectivity index (χ2n) is 4.83. The average molecular weight is 323 g/mol. The first-order valence-corrected chi connectivity index (χ1v) is 6.75. The Bertz CT molecular complexity index is 860. The van der Waals surface area contributed by atoms with Gasteiger partial charge in [0.2, 0.25) is 0 Å². The molecule has 22 heavy (non-hydrogen) atoms. The Morgan fingerprint density at radius 2 is 1.77 bits per heavy atom. The van der Waals surface area contributed by atoms with E-state index in [-0.39, 0.29) is 10.6 Å². The third kappa shape index (κ3) is 2.60. The zero-order valence-corrected chi connectivity index (χ0v) is 11.9. The van der Waals surface area contributed by atoms with Crippen molar-refractivity contribution in [2.75, 3.05) is 5.73 Å². The second kappa shape index (κ2) is 5.18. The minimum atomic E-state index is -4.48. The molecular formula is C16H10ClF3N2. The molecule has 112 valence electrons. The molecule has 0 atom stereocenters. The van der Waals surface area contributed by atoms with Crippen LogP contribution < -0.4 is 5.73 Å². The lowest BCUT2D eigenvalue weighted by atomic mass is 9.97. The Labute approximate surface area is 129 Å². The maximum Gasteiger partial charge on any atom is 0.417 e. The summed E-state index contributed by atoms with van der Waals surface area (Å²) in [7, 11) is 0. The van der Waals surface area contributed by atoms with Crippen molar-refractivity contribution in [3.05, 3.63) is 59.2 Å². The summed E-state index contributed by atoms with van der Waals surface area (Å²) in [5.74, 6) is 0.356. The zero-order chi connectivity index (χ0) is 15.9. The van der Waals surface area contributed by atoms with Crippen LogP contribution in [0, 0.1) is 0 Å². The molecule has 0 spiro atoms. The number of fused-ring (bicyclic) bond motifs is 1. The summed E-state index contributed by atoms with van der Waals surface area (Å²) in [6.45, 7) is 0. The topological polar surface area (TPSA) is 38.9 Å². The van der Waals surface area contributed by atoms with E-state index in [2.05, 4.69) is 4.98 Å². The van der Waals surface area contributed by atoms with Crippen LogP contribution in [0.4, 0.5) is 19.0 Å². The fourth-order valence-corrected chi connectivity index (χ4v) is 2.65. The maximum absolute atomic E-state index is 13.2. The molecule has 6 heteroatoms. The van der Waals surface area contributed by atoms with Crippen LogP contribution in [0.25, 0.3) is 21.9 Å². The van der Waals surface area contributed by atoms with Crippen molar-refractivity contribution in [1.82, 2.24) is 4.98 Å². The molecule has 0 unspecified atom stereocenters. The van der Waals surface area contributed by atoms with E-state index in [1.54, 1.807) is 24.3 Å². The minimum Gasteiger partial charge on any atom is -0.384 e. The van der Waals surface area contributed by atoms with Gasteiger partial charge in [-0.1, -0.05) is 29.8 Å². The first-order chi connectivity index (χ1) is 10.4. The quantitative estimate of drug-likeness (QED) is 0.672. The highest BCUT2D eigenvalue weighted by Gasteiger charge is 2.34. The summed E-state index contributed by atoms with van der Waals surface area (Å²) in [4.78, 5) is 3.96. The predicted octanol–water partition coefficient (Wildman–Crippen LogP) is 5.16. The van der Waals surface area contributed by atoms with Crippen LogP contribution in [0.5, 0.6) is 0 Å². The lowest BCUT2D eigenvalue weighted by molar-refractivity contribution is -0.137. The lowest BCUT2D eigenvalue weighted by Gasteiger charge is -2.15. The molecule has 2 N–H and O–H groups in total. The SMILES string of the molecule is Nc1cc2ccc(-c3c(Cl)cccc3C(F)(F)F)cc2cn1. The van der Waals surface area contributed by atoms with Crippen molar-refractivity contribution >= 4 is 28.2 Å². The number of alkyl halides is 3. The van der Waals surface area contributed by atoms with E-state index in [1.165, 1.54) is 18.3 Å². The predicted molar refractivity (Wildman–Crippen MR) is 81.6 cm³/mol. The number of hydrogen-bond acceptors (Lipinski definition) is 2. The van der Waals surface area contributed by atoms with E-state index in [0.717, 1.165) is 11.5 Å². The molecule has 3 rings (SSSR count). The number of rotatable bonds is 1. The van der Waals surface area contributed by atoms with Gasteiger partial charge < -0.3 is 5.73 Å². The molecule has 0 amide bonds. The molecule has 0 aliphatic rings. The van der Waals surface area contributed by atoms with E-state index < -0.39 is 11.7 Å². The fourth-order valence-electron chi connectivity index (χ4n) is 2.37. The maximum atomic E-state index is 13.2. The Kier molecular flexibility index (Phi) is 3.45. The van der Waals surface area contributed by atoms with Crippen LogP contribution >= 0.6 is 11.6 Å². The summed E-state index contributed by atoms with van der Waals surface area (Å²) < 4.78 is 39.6. The van der Waals surface area contributed by atoms with E-state index in [1.807, 2.05) is 0 Å². The molecule has 0 aliphatic carbocycles. The molecule has 0 radical (unpaired) electrons.